The summed E-state index contributed by atoms with van der Waals surface area (Å²) in [4.78, 5) is 4.36. The van der Waals surface area contributed by atoms with Crippen LogP contribution < -0.4 is 20.5 Å². The Morgan fingerprint density at radius 2 is 2.05 bits per heavy atom. The summed E-state index contributed by atoms with van der Waals surface area (Å²) in [5.74, 6) is 1.50. The minimum Gasteiger partial charge on any atom is -0.493 e. The van der Waals surface area contributed by atoms with Gasteiger partial charge in [-0.15, -0.1) is 11.3 Å². The van der Waals surface area contributed by atoms with Crippen LogP contribution in [-0.2, 0) is 13.0 Å². The highest BCUT2D eigenvalue weighted by Gasteiger charge is 2.05. The first-order chi connectivity index (χ1) is 9.76. The molecule has 1 aromatic heterocycles. The molecule has 0 bridgehead atoms. The Morgan fingerprint density at radius 3 is 2.70 bits per heavy atom. The van der Waals surface area contributed by atoms with E-state index in [1.165, 1.54) is 5.56 Å². The lowest BCUT2D eigenvalue weighted by molar-refractivity contribution is 0.354. The highest BCUT2D eigenvalue weighted by molar-refractivity contribution is 7.13. The lowest BCUT2D eigenvalue weighted by Crippen LogP contribution is -2.05. The lowest BCUT2D eigenvalue weighted by atomic mass is 10.1. The highest BCUT2D eigenvalue weighted by atomic mass is 32.1. The molecule has 0 saturated carbocycles. The fourth-order valence-electron chi connectivity index (χ4n) is 1.83. The molecule has 0 aliphatic carbocycles. The predicted octanol–water partition coefficient (Wildman–Crippen LogP) is 2.27. The summed E-state index contributed by atoms with van der Waals surface area (Å²) < 4.78 is 10.5. The number of thiazole rings is 1. The SMILES string of the molecule is COc1ccc(CCNc2nc(CN)cs2)cc1OC. The zero-order valence-corrected chi connectivity index (χ0v) is 12.5. The summed E-state index contributed by atoms with van der Waals surface area (Å²) in [5.41, 5.74) is 7.64. The maximum Gasteiger partial charge on any atom is 0.182 e. The molecule has 5 nitrogen and oxygen atoms in total. The van der Waals surface area contributed by atoms with Crippen LogP contribution in [-0.4, -0.2) is 25.7 Å². The van der Waals surface area contributed by atoms with Crippen molar-refractivity contribution in [1.82, 2.24) is 4.98 Å². The number of aromatic nitrogens is 1. The summed E-state index contributed by atoms with van der Waals surface area (Å²) in [6, 6.07) is 5.95. The van der Waals surface area contributed by atoms with Gasteiger partial charge in [-0.05, 0) is 24.1 Å². The van der Waals surface area contributed by atoms with Crippen LogP contribution in [0.2, 0.25) is 0 Å². The Hall–Kier alpha value is -1.79. The molecule has 108 valence electrons. The molecule has 0 aliphatic rings. The van der Waals surface area contributed by atoms with Crippen LogP contribution in [0.4, 0.5) is 5.13 Å². The fraction of sp³-hybridized carbons (Fsp3) is 0.357. The van der Waals surface area contributed by atoms with Crippen LogP contribution in [0, 0.1) is 0 Å². The van der Waals surface area contributed by atoms with Gasteiger partial charge >= 0.3 is 0 Å². The van der Waals surface area contributed by atoms with Gasteiger partial charge in [0.2, 0.25) is 0 Å². The maximum atomic E-state index is 5.53. The quantitative estimate of drug-likeness (QED) is 0.819. The van der Waals surface area contributed by atoms with Crippen LogP contribution in [0.1, 0.15) is 11.3 Å². The summed E-state index contributed by atoms with van der Waals surface area (Å²) >= 11 is 1.58. The minimum atomic E-state index is 0.480. The molecule has 0 saturated heterocycles. The Kier molecular flexibility index (Phi) is 5.20. The molecule has 0 radical (unpaired) electrons. The van der Waals surface area contributed by atoms with Crippen molar-refractivity contribution >= 4 is 16.5 Å². The van der Waals surface area contributed by atoms with Gasteiger partial charge in [0.1, 0.15) is 0 Å². The van der Waals surface area contributed by atoms with Crippen LogP contribution >= 0.6 is 11.3 Å². The van der Waals surface area contributed by atoms with Crippen LogP contribution in [0.25, 0.3) is 0 Å². The average Bonchev–Trinajstić information content (AvgIpc) is 2.95. The minimum absolute atomic E-state index is 0.480. The number of hydrogen-bond acceptors (Lipinski definition) is 6. The first kappa shape index (κ1) is 14.6. The van der Waals surface area contributed by atoms with Crippen molar-refractivity contribution in [1.29, 1.82) is 0 Å². The first-order valence-corrected chi connectivity index (χ1v) is 7.24. The smallest absolute Gasteiger partial charge is 0.182 e. The molecule has 1 aromatic carbocycles. The molecule has 0 unspecified atom stereocenters. The van der Waals surface area contributed by atoms with Gasteiger partial charge in [0.15, 0.2) is 16.6 Å². The number of anilines is 1. The monoisotopic (exact) mass is 293 g/mol. The van der Waals surface area contributed by atoms with E-state index in [1.807, 2.05) is 23.6 Å². The van der Waals surface area contributed by atoms with E-state index in [4.69, 9.17) is 15.2 Å². The largest absolute Gasteiger partial charge is 0.493 e. The number of rotatable bonds is 7. The Morgan fingerprint density at radius 1 is 1.25 bits per heavy atom. The number of hydrogen-bond donors (Lipinski definition) is 2. The van der Waals surface area contributed by atoms with Gasteiger partial charge in [-0.25, -0.2) is 4.98 Å². The number of ether oxygens (including phenoxy) is 2. The highest BCUT2D eigenvalue weighted by Crippen LogP contribution is 2.27. The summed E-state index contributed by atoms with van der Waals surface area (Å²) in [5, 5.41) is 6.17. The van der Waals surface area contributed by atoms with Gasteiger partial charge in [-0.2, -0.15) is 0 Å². The number of methoxy groups -OCH3 is 2. The molecule has 3 N–H and O–H groups in total. The third kappa shape index (κ3) is 3.61. The topological polar surface area (TPSA) is 69.4 Å². The van der Waals surface area contributed by atoms with Gasteiger partial charge in [0.05, 0.1) is 19.9 Å². The molecule has 20 heavy (non-hydrogen) atoms. The van der Waals surface area contributed by atoms with Crippen LogP contribution in [0.15, 0.2) is 23.6 Å². The molecule has 1 heterocycles. The van der Waals surface area contributed by atoms with Gasteiger partial charge < -0.3 is 20.5 Å². The molecular weight excluding hydrogens is 274 g/mol. The number of nitrogens with zero attached hydrogens (tertiary/aromatic N) is 1. The zero-order valence-electron chi connectivity index (χ0n) is 11.7. The Balaban J connectivity index is 1.90. The number of nitrogens with two attached hydrogens (primary N) is 1. The van der Waals surface area contributed by atoms with E-state index in [-0.39, 0.29) is 0 Å². The van der Waals surface area contributed by atoms with Crippen molar-refractivity contribution in [2.45, 2.75) is 13.0 Å². The van der Waals surface area contributed by atoms with Crippen molar-refractivity contribution in [2.24, 2.45) is 5.73 Å². The van der Waals surface area contributed by atoms with Gasteiger partial charge in [0.25, 0.3) is 0 Å². The normalized spacial score (nSPS) is 10.3. The van der Waals surface area contributed by atoms with E-state index in [2.05, 4.69) is 10.3 Å². The van der Waals surface area contributed by atoms with E-state index < -0.39 is 0 Å². The molecule has 0 aliphatic heterocycles. The van der Waals surface area contributed by atoms with Crippen molar-refractivity contribution in [2.75, 3.05) is 26.1 Å². The molecule has 6 heteroatoms. The van der Waals surface area contributed by atoms with Crippen molar-refractivity contribution in [3.8, 4) is 11.5 Å². The lowest BCUT2D eigenvalue weighted by Gasteiger charge is -2.09. The molecule has 0 spiro atoms. The molecule has 0 amide bonds. The second kappa shape index (κ2) is 7.12. The second-order valence-electron chi connectivity index (χ2n) is 4.21. The molecule has 2 rings (SSSR count). The molecule has 0 fully saturated rings. The summed E-state index contributed by atoms with van der Waals surface area (Å²) in [7, 11) is 3.28. The fourth-order valence-corrected chi connectivity index (χ4v) is 2.58. The number of benzene rings is 1. The van der Waals surface area contributed by atoms with E-state index in [0.717, 1.165) is 35.3 Å². The van der Waals surface area contributed by atoms with Crippen LogP contribution in [0.3, 0.4) is 0 Å². The van der Waals surface area contributed by atoms with E-state index in [0.29, 0.717) is 6.54 Å². The predicted molar refractivity (Wildman–Crippen MR) is 81.7 cm³/mol. The third-order valence-corrected chi connectivity index (χ3v) is 3.75. The first-order valence-electron chi connectivity index (χ1n) is 6.36. The van der Waals surface area contributed by atoms with E-state index in [9.17, 15) is 0 Å². The molecule has 2 aromatic rings. The van der Waals surface area contributed by atoms with Gasteiger partial charge in [0, 0.05) is 18.5 Å². The van der Waals surface area contributed by atoms with Crippen molar-refractivity contribution in [3.63, 3.8) is 0 Å². The van der Waals surface area contributed by atoms with Crippen molar-refractivity contribution in [3.05, 3.63) is 34.8 Å². The number of nitrogens with one attached hydrogen (secondary N) is 1. The zero-order chi connectivity index (χ0) is 14.4. The van der Waals surface area contributed by atoms with Gasteiger partial charge in [-0.3, -0.25) is 0 Å². The summed E-state index contributed by atoms with van der Waals surface area (Å²) in [6.45, 7) is 1.29. The standard InChI is InChI=1S/C14H19N3O2S/c1-18-12-4-3-10(7-13(12)19-2)5-6-16-14-17-11(8-15)9-20-14/h3-4,7,9H,5-6,8,15H2,1-2H3,(H,16,17). The van der Waals surface area contributed by atoms with Crippen molar-refractivity contribution < 1.29 is 9.47 Å². The van der Waals surface area contributed by atoms with Gasteiger partial charge in [-0.1, -0.05) is 6.07 Å². The maximum absolute atomic E-state index is 5.53. The Labute approximate surface area is 122 Å². The second-order valence-corrected chi connectivity index (χ2v) is 5.07. The van der Waals surface area contributed by atoms with E-state index in [1.54, 1.807) is 25.6 Å². The molecular formula is C14H19N3O2S. The van der Waals surface area contributed by atoms with E-state index >= 15 is 0 Å². The van der Waals surface area contributed by atoms with Crippen LogP contribution in [0.5, 0.6) is 11.5 Å². The third-order valence-electron chi connectivity index (χ3n) is 2.90. The Bertz CT molecular complexity index is 557. The molecule has 0 atom stereocenters. The summed E-state index contributed by atoms with van der Waals surface area (Å²) in [6.07, 6.45) is 0.887. The average molecular weight is 293 g/mol.